The summed E-state index contributed by atoms with van der Waals surface area (Å²) in [6.07, 6.45) is 1.99. The third-order valence-electron chi connectivity index (χ3n) is 4.18. The molecule has 0 unspecified atom stereocenters. The number of imidazole rings is 1. The predicted molar refractivity (Wildman–Crippen MR) is 95.6 cm³/mol. The van der Waals surface area contributed by atoms with Crippen molar-refractivity contribution in [3.63, 3.8) is 0 Å². The Morgan fingerprint density at radius 1 is 1.04 bits per heavy atom. The van der Waals surface area contributed by atoms with E-state index in [1.807, 2.05) is 29.9 Å². The van der Waals surface area contributed by atoms with E-state index in [2.05, 4.69) is 46.5 Å². The molecule has 126 valence electrons. The molecule has 0 aliphatic carbocycles. The zero-order valence-electron chi connectivity index (χ0n) is 15.4. The minimum absolute atomic E-state index is 0.147. The van der Waals surface area contributed by atoms with E-state index in [1.165, 1.54) is 0 Å². The molecule has 0 saturated carbocycles. The Morgan fingerprint density at radius 2 is 1.52 bits per heavy atom. The summed E-state index contributed by atoms with van der Waals surface area (Å²) >= 11 is 0. The third kappa shape index (κ3) is 3.42. The number of hydrogen-bond acceptors (Lipinski definition) is 3. The highest BCUT2D eigenvalue weighted by Gasteiger charge is 2.27. The van der Waals surface area contributed by atoms with Crippen LogP contribution in [0.2, 0.25) is 0 Å². The first-order chi connectivity index (χ1) is 10.4. The summed E-state index contributed by atoms with van der Waals surface area (Å²) in [6.45, 7) is 13.1. The van der Waals surface area contributed by atoms with Gasteiger partial charge in [-0.05, 0) is 23.0 Å². The summed E-state index contributed by atoms with van der Waals surface area (Å²) in [5.74, 6) is 1.24. The predicted octanol–water partition coefficient (Wildman–Crippen LogP) is 3.85. The maximum Gasteiger partial charge on any atom is 0.123 e. The summed E-state index contributed by atoms with van der Waals surface area (Å²) < 4.78 is 1.95. The Balaban J connectivity index is 2.73. The average Bonchev–Trinajstić information content (AvgIpc) is 2.77. The van der Waals surface area contributed by atoms with Crippen LogP contribution >= 0.6 is 0 Å². The number of nitrogens with two attached hydrogens (primary N) is 1. The van der Waals surface area contributed by atoms with Gasteiger partial charge in [0.1, 0.15) is 11.6 Å². The molecule has 1 aromatic carbocycles. The van der Waals surface area contributed by atoms with Gasteiger partial charge in [-0.15, -0.1) is 0 Å². The maximum absolute atomic E-state index is 10.8. The van der Waals surface area contributed by atoms with Crippen LogP contribution in [0.25, 0.3) is 11.3 Å². The zero-order valence-corrected chi connectivity index (χ0v) is 15.4. The van der Waals surface area contributed by atoms with Gasteiger partial charge < -0.3 is 15.4 Å². The average molecular weight is 315 g/mol. The second kappa shape index (κ2) is 5.68. The van der Waals surface area contributed by atoms with Crippen LogP contribution in [0.1, 0.15) is 58.5 Å². The Labute approximate surface area is 139 Å². The molecule has 0 aliphatic rings. The summed E-state index contributed by atoms with van der Waals surface area (Å²) in [5.41, 5.74) is 9.25. The number of phenolic OH excluding ortho intramolecular Hbond substituents is 1. The normalized spacial score (nSPS) is 12.7. The van der Waals surface area contributed by atoms with Crippen LogP contribution in [0.4, 0.5) is 0 Å². The van der Waals surface area contributed by atoms with Crippen molar-refractivity contribution >= 4 is 0 Å². The van der Waals surface area contributed by atoms with Crippen molar-refractivity contribution in [2.45, 2.75) is 58.9 Å². The lowest BCUT2D eigenvalue weighted by Crippen LogP contribution is -2.17. The van der Waals surface area contributed by atoms with Crippen molar-refractivity contribution in [3.8, 4) is 17.0 Å². The molecule has 0 saturated heterocycles. The fourth-order valence-electron chi connectivity index (χ4n) is 2.76. The minimum Gasteiger partial charge on any atom is -0.507 e. The largest absolute Gasteiger partial charge is 0.507 e. The lowest BCUT2D eigenvalue weighted by atomic mass is 9.78. The summed E-state index contributed by atoms with van der Waals surface area (Å²) in [5, 5.41) is 10.8. The number of aromatic hydroxyl groups is 1. The maximum atomic E-state index is 10.8. The number of hydrogen-bond donors (Lipinski definition) is 2. The van der Waals surface area contributed by atoms with Crippen molar-refractivity contribution in [3.05, 3.63) is 35.3 Å². The molecule has 0 amide bonds. The molecular formula is C19H29N3O. The van der Waals surface area contributed by atoms with Gasteiger partial charge in [0, 0.05) is 29.9 Å². The highest BCUT2D eigenvalue weighted by atomic mass is 16.3. The first kappa shape index (κ1) is 17.5. The summed E-state index contributed by atoms with van der Waals surface area (Å²) in [7, 11) is 1.95. The molecule has 0 radical (unpaired) electrons. The summed E-state index contributed by atoms with van der Waals surface area (Å²) in [4.78, 5) is 4.63. The van der Waals surface area contributed by atoms with Gasteiger partial charge >= 0.3 is 0 Å². The van der Waals surface area contributed by atoms with E-state index in [0.717, 1.165) is 28.2 Å². The number of rotatable bonds is 2. The Morgan fingerprint density at radius 3 is 1.87 bits per heavy atom. The SMILES string of the molecule is Cn1cc(-c2cc(C(C)(C)C)c(O)c(C(C)(C)C)c2)nc1CN. The fraction of sp³-hybridized carbons (Fsp3) is 0.526. The third-order valence-corrected chi connectivity index (χ3v) is 4.18. The van der Waals surface area contributed by atoms with Crippen LogP contribution < -0.4 is 5.73 Å². The van der Waals surface area contributed by atoms with Gasteiger partial charge in [-0.1, -0.05) is 41.5 Å². The van der Waals surface area contributed by atoms with Crippen LogP contribution in [0, 0.1) is 0 Å². The lowest BCUT2D eigenvalue weighted by molar-refractivity contribution is 0.423. The van der Waals surface area contributed by atoms with E-state index in [1.54, 1.807) is 0 Å². The standard InChI is InChI=1S/C19H29N3O/c1-18(2,3)13-8-12(9-14(17(13)23)19(4,5)6)15-11-22(7)16(10-20)21-15/h8-9,11,23H,10,20H2,1-7H3. The quantitative estimate of drug-likeness (QED) is 0.885. The molecule has 1 aromatic heterocycles. The van der Waals surface area contributed by atoms with Gasteiger partial charge in [0.25, 0.3) is 0 Å². The van der Waals surface area contributed by atoms with Gasteiger partial charge in [0.2, 0.25) is 0 Å². The van der Waals surface area contributed by atoms with Crippen molar-refractivity contribution in [2.24, 2.45) is 12.8 Å². The smallest absolute Gasteiger partial charge is 0.123 e. The molecule has 4 heteroatoms. The Bertz CT molecular complexity index is 680. The van der Waals surface area contributed by atoms with Crippen LogP contribution in [0.3, 0.4) is 0 Å². The minimum atomic E-state index is -0.147. The van der Waals surface area contributed by atoms with Crippen LogP contribution in [0.5, 0.6) is 5.75 Å². The van der Waals surface area contributed by atoms with E-state index in [-0.39, 0.29) is 10.8 Å². The molecule has 0 aliphatic heterocycles. The van der Waals surface area contributed by atoms with Crippen molar-refractivity contribution < 1.29 is 5.11 Å². The molecule has 23 heavy (non-hydrogen) atoms. The van der Waals surface area contributed by atoms with E-state index < -0.39 is 0 Å². The fourth-order valence-corrected chi connectivity index (χ4v) is 2.76. The second-order valence-electron chi connectivity index (χ2n) is 8.28. The molecule has 3 N–H and O–H groups in total. The highest BCUT2D eigenvalue weighted by Crippen LogP contribution is 2.41. The number of benzene rings is 1. The van der Waals surface area contributed by atoms with Crippen LogP contribution in [-0.2, 0) is 24.4 Å². The molecule has 0 fully saturated rings. The number of nitrogens with zero attached hydrogens (tertiary/aromatic N) is 2. The molecule has 2 aromatic rings. The van der Waals surface area contributed by atoms with E-state index >= 15 is 0 Å². The Kier molecular flexibility index (Phi) is 4.33. The number of aryl methyl sites for hydroxylation is 1. The monoisotopic (exact) mass is 315 g/mol. The molecule has 2 rings (SSSR count). The van der Waals surface area contributed by atoms with Crippen molar-refractivity contribution in [1.82, 2.24) is 9.55 Å². The molecule has 0 bridgehead atoms. The molecule has 0 atom stereocenters. The molecular weight excluding hydrogens is 286 g/mol. The molecule has 0 spiro atoms. The van der Waals surface area contributed by atoms with Gasteiger partial charge in [-0.25, -0.2) is 4.98 Å². The zero-order chi connectivity index (χ0) is 17.6. The second-order valence-corrected chi connectivity index (χ2v) is 8.28. The molecule has 1 heterocycles. The highest BCUT2D eigenvalue weighted by molar-refractivity contribution is 5.66. The van der Waals surface area contributed by atoms with Gasteiger partial charge in [0.05, 0.1) is 12.2 Å². The van der Waals surface area contributed by atoms with Crippen molar-refractivity contribution in [1.29, 1.82) is 0 Å². The summed E-state index contributed by atoms with van der Waals surface area (Å²) in [6, 6.07) is 4.10. The number of phenols is 1. The molecule has 4 nitrogen and oxygen atoms in total. The van der Waals surface area contributed by atoms with E-state index in [0.29, 0.717) is 12.3 Å². The first-order valence-electron chi connectivity index (χ1n) is 8.06. The topological polar surface area (TPSA) is 64.1 Å². The van der Waals surface area contributed by atoms with Gasteiger partial charge in [-0.2, -0.15) is 0 Å². The van der Waals surface area contributed by atoms with Gasteiger partial charge in [0.15, 0.2) is 0 Å². The van der Waals surface area contributed by atoms with Crippen molar-refractivity contribution in [2.75, 3.05) is 0 Å². The lowest BCUT2D eigenvalue weighted by Gasteiger charge is -2.28. The van der Waals surface area contributed by atoms with Crippen LogP contribution in [0.15, 0.2) is 18.3 Å². The van der Waals surface area contributed by atoms with E-state index in [9.17, 15) is 5.11 Å². The van der Waals surface area contributed by atoms with Crippen LogP contribution in [-0.4, -0.2) is 14.7 Å². The first-order valence-corrected chi connectivity index (χ1v) is 8.06. The van der Waals surface area contributed by atoms with E-state index in [4.69, 9.17) is 5.73 Å². The number of aromatic nitrogens is 2. The van der Waals surface area contributed by atoms with Gasteiger partial charge in [-0.3, -0.25) is 0 Å². The Hall–Kier alpha value is -1.81.